The summed E-state index contributed by atoms with van der Waals surface area (Å²) < 4.78 is 0. The van der Waals surface area contributed by atoms with Gasteiger partial charge < -0.3 is 20.2 Å². The molecule has 1 fully saturated rings. The van der Waals surface area contributed by atoms with Gasteiger partial charge in [0.15, 0.2) is 0 Å². The summed E-state index contributed by atoms with van der Waals surface area (Å²) in [5, 5.41) is 12.1. The molecule has 20 heavy (non-hydrogen) atoms. The highest BCUT2D eigenvalue weighted by atomic mass is 16.4. The van der Waals surface area contributed by atoms with E-state index in [1.165, 1.54) is 0 Å². The Kier molecular flexibility index (Phi) is 5.80. The van der Waals surface area contributed by atoms with E-state index >= 15 is 0 Å². The molecule has 0 aromatic carbocycles. The van der Waals surface area contributed by atoms with Crippen LogP contribution in [0.1, 0.15) is 33.1 Å². The van der Waals surface area contributed by atoms with Crippen molar-refractivity contribution in [2.75, 3.05) is 33.7 Å². The van der Waals surface area contributed by atoms with Gasteiger partial charge in [-0.05, 0) is 59.7 Å². The van der Waals surface area contributed by atoms with Gasteiger partial charge in [0.05, 0.1) is 0 Å². The molecule has 6 heteroatoms. The van der Waals surface area contributed by atoms with Crippen LogP contribution in [0.5, 0.6) is 0 Å². The first-order chi connectivity index (χ1) is 9.31. The summed E-state index contributed by atoms with van der Waals surface area (Å²) in [5.41, 5.74) is -1.13. The number of rotatable bonds is 8. The summed E-state index contributed by atoms with van der Waals surface area (Å²) >= 11 is 0. The predicted molar refractivity (Wildman–Crippen MR) is 77.7 cm³/mol. The van der Waals surface area contributed by atoms with Gasteiger partial charge in [-0.2, -0.15) is 0 Å². The second-order valence-corrected chi connectivity index (χ2v) is 5.95. The summed E-state index contributed by atoms with van der Waals surface area (Å²) in [6.07, 6.45) is 2.62. The fourth-order valence-corrected chi connectivity index (χ4v) is 2.27. The van der Waals surface area contributed by atoms with Crippen molar-refractivity contribution >= 4 is 12.0 Å². The van der Waals surface area contributed by atoms with Crippen LogP contribution in [-0.2, 0) is 4.79 Å². The zero-order valence-corrected chi connectivity index (χ0v) is 13.0. The number of urea groups is 1. The Balaban J connectivity index is 2.55. The molecule has 0 aromatic heterocycles. The molecule has 0 spiro atoms. The van der Waals surface area contributed by atoms with Gasteiger partial charge >= 0.3 is 12.0 Å². The lowest BCUT2D eigenvalue weighted by molar-refractivity contribution is -0.144. The Morgan fingerprint density at radius 2 is 1.90 bits per heavy atom. The monoisotopic (exact) mass is 285 g/mol. The third kappa shape index (κ3) is 4.37. The average Bonchev–Trinajstić information content (AvgIpc) is 3.18. The molecule has 0 aromatic rings. The summed E-state index contributed by atoms with van der Waals surface area (Å²) in [5.74, 6) is -0.887. The number of amides is 2. The lowest BCUT2D eigenvalue weighted by Gasteiger charge is -2.30. The number of nitrogens with one attached hydrogen (secondary N) is 1. The molecule has 1 aliphatic rings. The lowest BCUT2D eigenvalue weighted by Crippen LogP contribution is -2.57. The first-order valence-electron chi connectivity index (χ1n) is 7.26. The van der Waals surface area contributed by atoms with E-state index in [1.807, 2.05) is 21.0 Å². The van der Waals surface area contributed by atoms with Crippen LogP contribution >= 0.6 is 0 Å². The number of carboxylic acids is 1. The van der Waals surface area contributed by atoms with Gasteiger partial charge in [0.25, 0.3) is 0 Å². The molecule has 1 rings (SSSR count). The summed E-state index contributed by atoms with van der Waals surface area (Å²) in [4.78, 5) is 27.4. The molecule has 0 aliphatic heterocycles. The molecule has 0 saturated heterocycles. The molecule has 1 atom stereocenters. The van der Waals surface area contributed by atoms with E-state index < -0.39 is 11.5 Å². The first-order valence-corrected chi connectivity index (χ1v) is 7.26. The fraction of sp³-hybridized carbons (Fsp3) is 0.857. The SMILES string of the molecule is CCN(CCCN(C)C)C(=O)NC(C)(C(=O)O)C1CC1. The van der Waals surface area contributed by atoms with E-state index in [4.69, 9.17) is 0 Å². The van der Waals surface area contributed by atoms with Crippen LogP contribution in [0.25, 0.3) is 0 Å². The van der Waals surface area contributed by atoms with Crippen molar-refractivity contribution in [3.05, 3.63) is 0 Å². The van der Waals surface area contributed by atoms with Gasteiger partial charge in [0, 0.05) is 13.1 Å². The van der Waals surface area contributed by atoms with Crippen molar-refractivity contribution < 1.29 is 14.7 Å². The smallest absolute Gasteiger partial charge is 0.329 e. The van der Waals surface area contributed by atoms with Gasteiger partial charge in [-0.25, -0.2) is 9.59 Å². The molecule has 0 bridgehead atoms. The van der Waals surface area contributed by atoms with E-state index in [9.17, 15) is 14.7 Å². The maximum atomic E-state index is 12.2. The summed E-state index contributed by atoms with van der Waals surface area (Å²) in [6, 6.07) is -0.275. The summed E-state index contributed by atoms with van der Waals surface area (Å²) in [7, 11) is 3.98. The molecular formula is C14H27N3O3. The first kappa shape index (κ1) is 16.8. The number of carbonyl (C=O) groups is 2. The van der Waals surface area contributed by atoms with Crippen molar-refractivity contribution in [1.82, 2.24) is 15.1 Å². The highest BCUT2D eigenvalue weighted by molar-refractivity contribution is 5.86. The van der Waals surface area contributed by atoms with E-state index in [-0.39, 0.29) is 11.9 Å². The Morgan fingerprint density at radius 3 is 2.30 bits per heavy atom. The number of nitrogens with zero attached hydrogens (tertiary/aromatic N) is 2. The minimum Gasteiger partial charge on any atom is -0.480 e. The average molecular weight is 285 g/mol. The second-order valence-electron chi connectivity index (χ2n) is 5.95. The zero-order chi connectivity index (χ0) is 15.3. The largest absolute Gasteiger partial charge is 0.480 e. The van der Waals surface area contributed by atoms with E-state index in [0.29, 0.717) is 13.1 Å². The maximum Gasteiger partial charge on any atom is 0.329 e. The Labute approximate surface area is 121 Å². The number of hydrogen-bond acceptors (Lipinski definition) is 3. The minimum absolute atomic E-state index is 0.0597. The Bertz CT molecular complexity index is 356. The molecule has 1 saturated carbocycles. The highest BCUT2D eigenvalue weighted by Crippen LogP contribution is 2.39. The van der Waals surface area contributed by atoms with Crippen LogP contribution in [0.15, 0.2) is 0 Å². The van der Waals surface area contributed by atoms with Crippen molar-refractivity contribution in [3.8, 4) is 0 Å². The third-order valence-electron chi connectivity index (χ3n) is 3.91. The minimum atomic E-state index is -1.13. The third-order valence-corrected chi connectivity index (χ3v) is 3.91. The van der Waals surface area contributed by atoms with Crippen molar-refractivity contribution in [3.63, 3.8) is 0 Å². The van der Waals surface area contributed by atoms with Crippen LogP contribution in [0.4, 0.5) is 4.79 Å². The predicted octanol–water partition coefficient (Wildman–Crippen LogP) is 1.22. The molecule has 2 N–H and O–H groups in total. The van der Waals surface area contributed by atoms with Crippen molar-refractivity contribution in [2.24, 2.45) is 5.92 Å². The molecule has 0 heterocycles. The van der Waals surface area contributed by atoms with Crippen LogP contribution in [0.2, 0.25) is 0 Å². The van der Waals surface area contributed by atoms with Crippen LogP contribution in [0.3, 0.4) is 0 Å². The van der Waals surface area contributed by atoms with E-state index in [2.05, 4.69) is 10.2 Å². The van der Waals surface area contributed by atoms with Crippen LogP contribution < -0.4 is 5.32 Å². The second kappa shape index (κ2) is 6.92. The Hall–Kier alpha value is -1.30. The lowest BCUT2D eigenvalue weighted by atomic mass is 9.96. The number of carbonyl (C=O) groups excluding carboxylic acids is 1. The van der Waals surface area contributed by atoms with E-state index in [1.54, 1.807) is 11.8 Å². The van der Waals surface area contributed by atoms with Gasteiger partial charge in [0.2, 0.25) is 0 Å². The standard InChI is InChI=1S/C14H27N3O3/c1-5-17(10-6-9-16(3)4)13(20)15-14(2,12(18)19)11-7-8-11/h11H,5-10H2,1-4H3,(H,15,20)(H,18,19). The van der Waals surface area contributed by atoms with Gasteiger partial charge in [-0.3, -0.25) is 0 Å². The summed E-state index contributed by atoms with van der Waals surface area (Å²) in [6.45, 7) is 5.64. The van der Waals surface area contributed by atoms with Gasteiger partial charge in [-0.15, -0.1) is 0 Å². The number of aliphatic carboxylic acids is 1. The van der Waals surface area contributed by atoms with E-state index in [0.717, 1.165) is 25.8 Å². The molecule has 1 unspecified atom stereocenters. The van der Waals surface area contributed by atoms with Crippen molar-refractivity contribution in [2.45, 2.75) is 38.6 Å². The van der Waals surface area contributed by atoms with Gasteiger partial charge in [0.1, 0.15) is 5.54 Å². The number of hydrogen-bond donors (Lipinski definition) is 2. The fourth-order valence-electron chi connectivity index (χ4n) is 2.27. The molecule has 116 valence electrons. The highest BCUT2D eigenvalue weighted by Gasteiger charge is 2.49. The normalized spacial score (nSPS) is 17.6. The van der Waals surface area contributed by atoms with Crippen molar-refractivity contribution in [1.29, 1.82) is 0 Å². The quantitative estimate of drug-likeness (QED) is 0.703. The van der Waals surface area contributed by atoms with Gasteiger partial charge in [-0.1, -0.05) is 0 Å². The molecule has 2 amide bonds. The topological polar surface area (TPSA) is 72.9 Å². The molecule has 6 nitrogen and oxygen atoms in total. The van der Waals surface area contributed by atoms with Crippen LogP contribution in [-0.4, -0.2) is 66.2 Å². The molecule has 0 radical (unpaired) electrons. The molecular weight excluding hydrogens is 258 g/mol. The van der Waals surface area contributed by atoms with Crippen LogP contribution in [0, 0.1) is 5.92 Å². The molecule has 1 aliphatic carbocycles. The Morgan fingerprint density at radius 1 is 1.30 bits per heavy atom. The number of carboxylic acid groups (broad SMARTS) is 1. The zero-order valence-electron chi connectivity index (χ0n) is 13.0. The maximum absolute atomic E-state index is 12.2.